The van der Waals surface area contributed by atoms with E-state index in [9.17, 15) is 13.2 Å². The summed E-state index contributed by atoms with van der Waals surface area (Å²) in [6, 6.07) is 7.72. The Bertz CT molecular complexity index is 621. The molecule has 0 radical (unpaired) electrons. The average Bonchev–Trinajstić information content (AvgIpc) is 2.64. The van der Waals surface area contributed by atoms with Gasteiger partial charge in [-0.15, -0.1) is 0 Å². The van der Waals surface area contributed by atoms with Crippen LogP contribution in [0.4, 0.5) is 13.2 Å². The lowest BCUT2D eigenvalue weighted by atomic mass is 10.1. The molecule has 1 aliphatic heterocycles. The van der Waals surface area contributed by atoms with Gasteiger partial charge in [-0.25, -0.2) is 0 Å². The van der Waals surface area contributed by atoms with Crippen molar-refractivity contribution in [3.8, 4) is 0 Å². The maximum atomic E-state index is 12.1. The van der Waals surface area contributed by atoms with Gasteiger partial charge < -0.3 is 20.3 Å². The average molecular weight is 401 g/mol. The Morgan fingerprint density at radius 1 is 1.14 bits per heavy atom. The summed E-state index contributed by atoms with van der Waals surface area (Å²) < 4.78 is 41.0. The molecular weight excluding hydrogens is 371 g/mol. The molecule has 0 bridgehead atoms. The standard InChI is InChI=1S/C19H30F3N5O/c1-23-18(25-11-17-12-26(2)8-9-27(17)3)24-10-15-4-6-16(7-5-15)13-28-14-19(20,21)22/h4-7,17H,8-14H2,1-3H3,(H2,23,24,25). The van der Waals surface area contributed by atoms with Gasteiger partial charge in [0, 0.05) is 45.8 Å². The van der Waals surface area contributed by atoms with E-state index in [1.165, 1.54) is 0 Å². The Morgan fingerprint density at radius 2 is 1.82 bits per heavy atom. The van der Waals surface area contributed by atoms with Gasteiger partial charge in [0.2, 0.25) is 0 Å². The number of nitrogens with zero attached hydrogens (tertiary/aromatic N) is 3. The quantitative estimate of drug-likeness (QED) is 0.538. The topological polar surface area (TPSA) is 52.1 Å². The lowest BCUT2D eigenvalue weighted by Gasteiger charge is -2.37. The maximum absolute atomic E-state index is 12.1. The third kappa shape index (κ3) is 8.04. The highest BCUT2D eigenvalue weighted by Gasteiger charge is 2.27. The highest BCUT2D eigenvalue weighted by molar-refractivity contribution is 5.79. The van der Waals surface area contributed by atoms with Crippen molar-refractivity contribution < 1.29 is 17.9 Å². The van der Waals surface area contributed by atoms with Crippen LogP contribution in [-0.4, -0.2) is 81.9 Å². The Labute approximate surface area is 164 Å². The van der Waals surface area contributed by atoms with Crippen LogP contribution in [-0.2, 0) is 17.9 Å². The van der Waals surface area contributed by atoms with Crippen LogP contribution in [0, 0.1) is 0 Å². The Kier molecular flexibility index (Phi) is 8.53. The van der Waals surface area contributed by atoms with Crippen LogP contribution >= 0.6 is 0 Å². The normalized spacial score (nSPS) is 19.6. The van der Waals surface area contributed by atoms with Gasteiger partial charge in [-0.1, -0.05) is 24.3 Å². The molecule has 0 amide bonds. The molecule has 1 aromatic carbocycles. The van der Waals surface area contributed by atoms with Crippen LogP contribution in [0.2, 0.25) is 0 Å². The molecule has 0 spiro atoms. The first-order valence-electron chi connectivity index (χ1n) is 9.32. The summed E-state index contributed by atoms with van der Waals surface area (Å²) >= 11 is 0. The zero-order valence-corrected chi connectivity index (χ0v) is 16.7. The minimum absolute atomic E-state index is 0.0558. The first kappa shape index (κ1) is 22.4. The molecule has 1 saturated heterocycles. The molecule has 2 N–H and O–H groups in total. The first-order chi connectivity index (χ1) is 13.3. The van der Waals surface area contributed by atoms with Crippen molar-refractivity contribution in [3.63, 3.8) is 0 Å². The van der Waals surface area contributed by atoms with Crippen LogP contribution in [0.25, 0.3) is 0 Å². The second kappa shape index (κ2) is 10.6. The molecular formula is C19H30F3N5O. The summed E-state index contributed by atoms with van der Waals surface area (Å²) in [7, 11) is 5.99. The molecule has 28 heavy (non-hydrogen) atoms. The summed E-state index contributed by atoms with van der Waals surface area (Å²) in [5.74, 6) is 0.721. The third-order valence-corrected chi connectivity index (χ3v) is 4.73. The molecule has 6 nitrogen and oxygen atoms in total. The summed E-state index contributed by atoms with van der Waals surface area (Å²) in [6.45, 7) is 3.23. The molecule has 0 aromatic heterocycles. The van der Waals surface area contributed by atoms with E-state index < -0.39 is 12.8 Å². The lowest BCUT2D eigenvalue weighted by Crippen LogP contribution is -2.55. The highest BCUT2D eigenvalue weighted by atomic mass is 19.4. The fourth-order valence-electron chi connectivity index (χ4n) is 2.98. The molecule has 2 rings (SSSR count). The van der Waals surface area contributed by atoms with Gasteiger partial charge in [-0.3, -0.25) is 9.89 Å². The van der Waals surface area contributed by atoms with E-state index in [1.807, 2.05) is 12.1 Å². The van der Waals surface area contributed by atoms with Gasteiger partial charge in [-0.05, 0) is 25.2 Å². The molecule has 9 heteroatoms. The van der Waals surface area contributed by atoms with E-state index in [1.54, 1.807) is 19.2 Å². The number of guanidine groups is 1. The van der Waals surface area contributed by atoms with Gasteiger partial charge in [-0.2, -0.15) is 13.2 Å². The predicted molar refractivity (Wildman–Crippen MR) is 104 cm³/mol. The summed E-state index contributed by atoms with van der Waals surface area (Å²) in [5, 5.41) is 6.62. The number of likely N-dealkylation sites (N-methyl/N-ethyl adjacent to an activating group) is 2. The van der Waals surface area contributed by atoms with Gasteiger partial charge in [0.15, 0.2) is 5.96 Å². The maximum Gasteiger partial charge on any atom is 0.411 e. The van der Waals surface area contributed by atoms with Gasteiger partial charge >= 0.3 is 6.18 Å². The van der Waals surface area contributed by atoms with Gasteiger partial charge in [0.05, 0.1) is 6.61 Å². The monoisotopic (exact) mass is 401 g/mol. The van der Waals surface area contributed by atoms with Crippen LogP contribution in [0.3, 0.4) is 0 Å². The van der Waals surface area contributed by atoms with Crippen molar-refractivity contribution in [2.75, 3.05) is 53.9 Å². The predicted octanol–water partition coefficient (Wildman–Crippen LogP) is 1.68. The van der Waals surface area contributed by atoms with Crippen molar-refractivity contribution in [2.24, 2.45) is 4.99 Å². The minimum Gasteiger partial charge on any atom is -0.367 e. The van der Waals surface area contributed by atoms with Crippen molar-refractivity contribution in [2.45, 2.75) is 25.4 Å². The third-order valence-electron chi connectivity index (χ3n) is 4.73. The SMILES string of the molecule is CN=C(NCc1ccc(COCC(F)(F)F)cc1)NCC1CN(C)CCN1C. The van der Waals surface area contributed by atoms with Crippen molar-refractivity contribution in [1.82, 2.24) is 20.4 Å². The number of hydrogen-bond acceptors (Lipinski definition) is 4. The Hall–Kier alpha value is -1.84. The van der Waals surface area contributed by atoms with Crippen LogP contribution in [0.1, 0.15) is 11.1 Å². The Balaban J connectivity index is 1.73. The van der Waals surface area contributed by atoms with E-state index in [-0.39, 0.29) is 6.61 Å². The summed E-state index contributed by atoms with van der Waals surface area (Å²) in [5.41, 5.74) is 1.72. The molecule has 0 aliphatic carbocycles. The fraction of sp³-hybridized carbons (Fsp3) is 0.632. The molecule has 1 fully saturated rings. The van der Waals surface area contributed by atoms with E-state index in [0.29, 0.717) is 18.2 Å². The highest BCUT2D eigenvalue weighted by Crippen LogP contribution is 2.15. The van der Waals surface area contributed by atoms with E-state index in [0.717, 1.165) is 37.7 Å². The van der Waals surface area contributed by atoms with Gasteiger partial charge in [0.1, 0.15) is 6.61 Å². The smallest absolute Gasteiger partial charge is 0.367 e. The molecule has 0 saturated carbocycles. The minimum atomic E-state index is -4.30. The van der Waals surface area contributed by atoms with E-state index in [2.05, 4.69) is 44.3 Å². The molecule has 1 atom stereocenters. The molecule has 1 unspecified atom stereocenters. The number of halogens is 3. The number of benzene rings is 1. The second-order valence-electron chi connectivity index (χ2n) is 7.13. The summed E-state index contributed by atoms with van der Waals surface area (Å²) in [6.07, 6.45) is -4.30. The molecule has 1 heterocycles. The number of alkyl halides is 3. The summed E-state index contributed by atoms with van der Waals surface area (Å²) in [4.78, 5) is 8.92. The van der Waals surface area contributed by atoms with Crippen molar-refractivity contribution in [3.05, 3.63) is 35.4 Å². The zero-order valence-electron chi connectivity index (χ0n) is 16.7. The molecule has 158 valence electrons. The first-order valence-corrected chi connectivity index (χ1v) is 9.32. The van der Waals surface area contributed by atoms with Gasteiger partial charge in [0.25, 0.3) is 0 Å². The number of rotatable bonds is 7. The number of ether oxygens (including phenoxy) is 1. The number of aliphatic imine (C=N–C) groups is 1. The van der Waals surface area contributed by atoms with Crippen molar-refractivity contribution in [1.29, 1.82) is 0 Å². The second-order valence-corrected chi connectivity index (χ2v) is 7.13. The Morgan fingerprint density at radius 3 is 2.46 bits per heavy atom. The molecule has 1 aliphatic rings. The van der Waals surface area contributed by atoms with Crippen LogP contribution < -0.4 is 10.6 Å². The van der Waals surface area contributed by atoms with E-state index in [4.69, 9.17) is 0 Å². The van der Waals surface area contributed by atoms with E-state index >= 15 is 0 Å². The largest absolute Gasteiger partial charge is 0.411 e. The fourth-order valence-corrected chi connectivity index (χ4v) is 2.98. The lowest BCUT2D eigenvalue weighted by molar-refractivity contribution is -0.176. The van der Waals surface area contributed by atoms with Crippen molar-refractivity contribution >= 4 is 5.96 Å². The van der Waals surface area contributed by atoms with Crippen LogP contribution in [0.5, 0.6) is 0 Å². The zero-order chi connectivity index (χ0) is 20.6. The number of piperazine rings is 1. The number of nitrogens with one attached hydrogen (secondary N) is 2. The van der Waals surface area contributed by atoms with Crippen LogP contribution in [0.15, 0.2) is 29.3 Å². The number of hydrogen-bond donors (Lipinski definition) is 2. The molecule has 1 aromatic rings.